The van der Waals surface area contributed by atoms with Gasteiger partial charge in [0, 0.05) is 17.4 Å². The Morgan fingerprint density at radius 1 is 1.52 bits per heavy atom. The van der Waals surface area contributed by atoms with Gasteiger partial charge in [-0.15, -0.1) is 0 Å². The molecule has 2 heterocycles. The van der Waals surface area contributed by atoms with Crippen molar-refractivity contribution in [3.63, 3.8) is 0 Å². The summed E-state index contributed by atoms with van der Waals surface area (Å²) in [4.78, 5) is 16.2. The van der Waals surface area contributed by atoms with Gasteiger partial charge in [-0.05, 0) is 37.3 Å². The SMILES string of the molecule is CCN1C(=N)NC(c2cc(NC(=O)c3ccc(Cl)cn3)ccc2F)C[S+]1[O-]. The number of hydrogen-bond donors (Lipinski definition) is 3. The highest BCUT2D eigenvalue weighted by Crippen LogP contribution is 2.27. The lowest BCUT2D eigenvalue weighted by Crippen LogP contribution is -2.53. The lowest BCUT2D eigenvalue weighted by molar-refractivity contribution is 0.102. The zero-order valence-corrected chi connectivity index (χ0v) is 15.9. The third-order valence-corrected chi connectivity index (χ3v) is 5.77. The monoisotopic (exact) mass is 409 g/mol. The predicted molar refractivity (Wildman–Crippen MR) is 103 cm³/mol. The summed E-state index contributed by atoms with van der Waals surface area (Å²) in [6.45, 7) is 2.20. The minimum atomic E-state index is -1.43. The van der Waals surface area contributed by atoms with Crippen LogP contribution in [-0.4, -0.2) is 38.0 Å². The maximum atomic E-state index is 14.3. The number of hydrogen-bond acceptors (Lipinski definition) is 4. The fourth-order valence-corrected chi connectivity index (χ4v) is 4.06. The van der Waals surface area contributed by atoms with Crippen LogP contribution in [0.2, 0.25) is 5.02 Å². The van der Waals surface area contributed by atoms with Crippen LogP contribution in [0.5, 0.6) is 0 Å². The third kappa shape index (κ3) is 4.32. The Morgan fingerprint density at radius 3 is 2.93 bits per heavy atom. The molecule has 0 saturated carbocycles. The van der Waals surface area contributed by atoms with Crippen molar-refractivity contribution in [3.8, 4) is 0 Å². The summed E-state index contributed by atoms with van der Waals surface area (Å²) in [5.74, 6) is -0.867. The molecule has 0 radical (unpaired) electrons. The molecule has 3 N–H and O–H groups in total. The van der Waals surface area contributed by atoms with Gasteiger partial charge >= 0.3 is 0 Å². The molecule has 0 aliphatic carbocycles. The minimum Gasteiger partial charge on any atom is -0.593 e. The normalized spacial score (nSPS) is 19.6. The van der Waals surface area contributed by atoms with Gasteiger partial charge < -0.3 is 15.2 Å². The molecule has 0 bridgehead atoms. The fourth-order valence-electron chi connectivity index (χ4n) is 2.68. The van der Waals surface area contributed by atoms with E-state index in [1.54, 1.807) is 13.0 Å². The topological polar surface area (TPSA) is 104 Å². The largest absolute Gasteiger partial charge is 0.593 e. The van der Waals surface area contributed by atoms with E-state index in [2.05, 4.69) is 15.6 Å². The van der Waals surface area contributed by atoms with Crippen LogP contribution in [0.3, 0.4) is 0 Å². The van der Waals surface area contributed by atoms with E-state index in [1.165, 1.54) is 34.8 Å². The second kappa shape index (κ2) is 8.12. The molecular weight excluding hydrogens is 393 g/mol. The fraction of sp³-hybridized carbons (Fsp3) is 0.235. The van der Waals surface area contributed by atoms with Crippen molar-refractivity contribution in [1.29, 1.82) is 5.41 Å². The van der Waals surface area contributed by atoms with Crippen LogP contribution in [-0.2, 0) is 11.4 Å². The molecule has 1 aromatic heterocycles. The second-order valence-electron chi connectivity index (χ2n) is 5.78. The number of amides is 1. The molecule has 10 heteroatoms. The van der Waals surface area contributed by atoms with Crippen LogP contribution in [0.15, 0.2) is 36.5 Å². The number of nitrogens with one attached hydrogen (secondary N) is 3. The van der Waals surface area contributed by atoms with E-state index in [-0.39, 0.29) is 23.0 Å². The molecule has 1 aliphatic rings. The van der Waals surface area contributed by atoms with Crippen molar-refractivity contribution >= 4 is 40.5 Å². The summed E-state index contributed by atoms with van der Waals surface area (Å²) in [6.07, 6.45) is 1.36. The smallest absolute Gasteiger partial charge is 0.274 e. The van der Waals surface area contributed by atoms with Gasteiger partial charge in [-0.25, -0.2) is 9.37 Å². The first-order valence-electron chi connectivity index (χ1n) is 8.12. The molecule has 1 saturated heterocycles. The van der Waals surface area contributed by atoms with Crippen molar-refractivity contribution in [3.05, 3.63) is 58.6 Å². The van der Waals surface area contributed by atoms with Crippen molar-refractivity contribution in [1.82, 2.24) is 14.6 Å². The quantitative estimate of drug-likeness (QED) is 0.673. The van der Waals surface area contributed by atoms with Gasteiger partial charge in [0.1, 0.15) is 17.6 Å². The highest BCUT2D eigenvalue weighted by Gasteiger charge is 2.35. The Hall–Kier alpha value is -2.36. The second-order valence-corrected chi connectivity index (χ2v) is 7.63. The molecule has 0 spiro atoms. The first kappa shape index (κ1) is 19.4. The first-order chi connectivity index (χ1) is 12.9. The highest BCUT2D eigenvalue weighted by molar-refractivity contribution is 7.89. The van der Waals surface area contributed by atoms with Gasteiger partial charge in [-0.1, -0.05) is 11.6 Å². The molecule has 27 heavy (non-hydrogen) atoms. The van der Waals surface area contributed by atoms with Crippen molar-refractivity contribution in [2.75, 3.05) is 17.6 Å². The third-order valence-electron chi connectivity index (χ3n) is 3.99. The molecular formula is C17H17ClFN5O2S. The number of halogens is 2. The van der Waals surface area contributed by atoms with E-state index in [0.717, 1.165) is 0 Å². The number of pyridine rings is 1. The van der Waals surface area contributed by atoms with Gasteiger partial charge in [0.2, 0.25) is 5.96 Å². The number of nitrogens with zero attached hydrogens (tertiary/aromatic N) is 2. The molecule has 7 nitrogen and oxygen atoms in total. The molecule has 142 valence electrons. The van der Waals surface area contributed by atoms with Crippen LogP contribution in [0.25, 0.3) is 0 Å². The summed E-state index contributed by atoms with van der Waals surface area (Å²) in [7, 11) is 0. The van der Waals surface area contributed by atoms with E-state index >= 15 is 0 Å². The first-order valence-corrected chi connectivity index (χ1v) is 9.78. The van der Waals surface area contributed by atoms with Gasteiger partial charge in [0.25, 0.3) is 5.91 Å². The summed E-state index contributed by atoms with van der Waals surface area (Å²) in [5.41, 5.74) is 0.762. The minimum absolute atomic E-state index is 0.0220. The number of rotatable bonds is 4. The Bertz CT molecular complexity index is 867. The number of guanidine groups is 1. The highest BCUT2D eigenvalue weighted by atomic mass is 35.5. The zero-order valence-electron chi connectivity index (χ0n) is 14.3. The van der Waals surface area contributed by atoms with E-state index in [1.807, 2.05) is 0 Å². The molecule has 2 atom stereocenters. The lowest BCUT2D eigenvalue weighted by atomic mass is 10.1. The summed E-state index contributed by atoms with van der Waals surface area (Å²) in [6, 6.07) is 6.51. The number of benzene rings is 1. The van der Waals surface area contributed by atoms with Crippen molar-refractivity contribution < 1.29 is 13.7 Å². The number of carbonyl (C=O) groups excluding carboxylic acids is 1. The average Bonchev–Trinajstić information content (AvgIpc) is 2.63. The number of aromatic nitrogens is 1. The average molecular weight is 410 g/mol. The van der Waals surface area contributed by atoms with Crippen LogP contribution in [0.4, 0.5) is 10.1 Å². The maximum absolute atomic E-state index is 14.3. The number of carbonyl (C=O) groups is 1. The van der Waals surface area contributed by atoms with Crippen LogP contribution in [0.1, 0.15) is 29.0 Å². The van der Waals surface area contributed by atoms with E-state index < -0.39 is 29.1 Å². The van der Waals surface area contributed by atoms with Crippen LogP contribution in [0, 0.1) is 11.2 Å². The Labute approximate surface area is 163 Å². The molecule has 2 aromatic rings. The molecule has 1 aliphatic heterocycles. The molecule has 2 unspecified atom stereocenters. The van der Waals surface area contributed by atoms with Gasteiger partial charge in [-0.2, -0.15) is 4.31 Å². The Balaban J connectivity index is 1.79. The summed E-state index contributed by atoms with van der Waals surface area (Å²) in [5, 5.41) is 13.9. The molecule has 1 amide bonds. The predicted octanol–water partition coefficient (Wildman–Crippen LogP) is 2.69. The summed E-state index contributed by atoms with van der Waals surface area (Å²) >= 11 is 4.33. The molecule has 3 rings (SSSR count). The van der Waals surface area contributed by atoms with Gasteiger partial charge in [-0.3, -0.25) is 10.2 Å². The summed E-state index contributed by atoms with van der Waals surface area (Å²) < 4.78 is 28.0. The Kier molecular flexibility index (Phi) is 5.83. The van der Waals surface area contributed by atoms with Crippen molar-refractivity contribution in [2.45, 2.75) is 13.0 Å². The van der Waals surface area contributed by atoms with E-state index in [0.29, 0.717) is 17.3 Å². The van der Waals surface area contributed by atoms with Gasteiger partial charge in [0.15, 0.2) is 5.75 Å². The van der Waals surface area contributed by atoms with E-state index in [9.17, 15) is 13.7 Å². The standard InChI is InChI=1S/C17H17ClFN5O2S/c1-2-24-17(20)23-15(9-27(24)26)12-7-11(4-5-13(12)19)22-16(25)14-6-3-10(18)8-21-14/h3-8,15H,2,9H2,1H3,(H2,20,23)(H,22,25). The Morgan fingerprint density at radius 2 is 2.30 bits per heavy atom. The van der Waals surface area contributed by atoms with E-state index in [4.69, 9.17) is 17.0 Å². The number of anilines is 1. The van der Waals surface area contributed by atoms with Crippen LogP contribution < -0.4 is 10.6 Å². The van der Waals surface area contributed by atoms with Crippen molar-refractivity contribution in [2.24, 2.45) is 0 Å². The van der Waals surface area contributed by atoms with Crippen LogP contribution >= 0.6 is 11.6 Å². The molecule has 1 fully saturated rings. The lowest BCUT2D eigenvalue weighted by Gasteiger charge is -2.34. The maximum Gasteiger partial charge on any atom is 0.274 e. The zero-order chi connectivity index (χ0) is 19.6. The molecule has 1 aromatic carbocycles. The van der Waals surface area contributed by atoms with Gasteiger partial charge in [0.05, 0.1) is 22.9 Å².